The van der Waals surface area contributed by atoms with Gasteiger partial charge in [-0.2, -0.15) is 5.10 Å². The number of benzene rings is 1. The highest BCUT2D eigenvalue weighted by atomic mass is 16.5. The highest BCUT2D eigenvalue weighted by Crippen LogP contribution is 2.32. The smallest absolute Gasteiger partial charge is 0.339 e. The van der Waals surface area contributed by atoms with Crippen LogP contribution in [-0.4, -0.2) is 27.9 Å². The Kier molecular flexibility index (Phi) is 4.08. The Morgan fingerprint density at radius 1 is 1.40 bits per heavy atom. The zero-order chi connectivity index (χ0) is 14.7. The van der Waals surface area contributed by atoms with Crippen molar-refractivity contribution in [3.8, 4) is 17.0 Å². The van der Waals surface area contributed by atoms with Crippen molar-refractivity contribution in [2.24, 2.45) is 5.92 Å². The molecule has 2 N–H and O–H groups in total. The lowest BCUT2D eigenvalue weighted by molar-refractivity contribution is 0.0697. The fourth-order valence-corrected chi connectivity index (χ4v) is 1.93. The van der Waals surface area contributed by atoms with Gasteiger partial charge in [0.25, 0.3) is 0 Å². The normalized spacial score (nSPS) is 10.8. The van der Waals surface area contributed by atoms with E-state index in [2.05, 4.69) is 24.0 Å². The van der Waals surface area contributed by atoms with Crippen molar-refractivity contribution >= 4 is 5.97 Å². The summed E-state index contributed by atoms with van der Waals surface area (Å²) < 4.78 is 5.75. The van der Waals surface area contributed by atoms with E-state index in [1.165, 1.54) is 0 Å². The predicted molar refractivity (Wildman–Crippen MR) is 76.1 cm³/mol. The van der Waals surface area contributed by atoms with Crippen LogP contribution in [0.4, 0.5) is 0 Å². The first kappa shape index (κ1) is 14.1. The van der Waals surface area contributed by atoms with E-state index in [9.17, 15) is 9.90 Å². The van der Waals surface area contributed by atoms with Crippen molar-refractivity contribution in [3.63, 3.8) is 0 Å². The van der Waals surface area contributed by atoms with E-state index in [0.29, 0.717) is 35.2 Å². The van der Waals surface area contributed by atoms with E-state index in [4.69, 9.17) is 4.74 Å². The number of carboxylic acids is 1. The van der Waals surface area contributed by atoms with E-state index in [-0.39, 0.29) is 5.56 Å². The van der Waals surface area contributed by atoms with Crippen molar-refractivity contribution in [1.29, 1.82) is 0 Å². The number of H-pyrrole nitrogens is 1. The second-order valence-electron chi connectivity index (χ2n) is 5.08. The van der Waals surface area contributed by atoms with Crippen molar-refractivity contribution < 1.29 is 14.6 Å². The molecule has 5 nitrogen and oxygen atoms in total. The molecule has 0 amide bonds. The number of hydrogen-bond acceptors (Lipinski definition) is 3. The maximum atomic E-state index is 11.4. The van der Waals surface area contributed by atoms with Crippen LogP contribution in [0, 0.1) is 12.8 Å². The number of ether oxygens (including phenoxy) is 1. The summed E-state index contributed by atoms with van der Waals surface area (Å²) in [6, 6.07) is 7.34. The summed E-state index contributed by atoms with van der Waals surface area (Å²) in [7, 11) is 0. The van der Waals surface area contributed by atoms with Crippen molar-refractivity contribution in [2.45, 2.75) is 20.8 Å². The number of nitrogens with one attached hydrogen (secondary N) is 1. The molecule has 0 radical (unpaired) electrons. The third-order valence-electron chi connectivity index (χ3n) is 2.88. The van der Waals surface area contributed by atoms with Gasteiger partial charge in [0.2, 0.25) is 0 Å². The topological polar surface area (TPSA) is 75.2 Å². The number of aromatic carboxylic acids is 1. The molecule has 5 heteroatoms. The highest BCUT2D eigenvalue weighted by Gasteiger charge is 2.21. The molecular weight excluding hydrogens is 256 g/mol. The van der Waals surface area contributed by atoms with Crippen LogP contribution in [-0.2, 0) is 0 Å². The monoisotopic (exact) mass is 274 g/mol. The van der Waals surface area contributed by atoms with Gasteiger partial charge in [0.05, 0.1) is 6.61 Å². The second-order valence-corrected chi connectivity index (χ2v) is 5.08. The van der Waals surface area contributed by atoms with Gasteiger partial charge in [0.15, 0.2) is 0 Å². The summed E-state index contributed by atoms with van der Waals surface area (Å²) in [4.78, 5) is 11.4. The highest BCUT2D eigenvalue weighted by molar-refractivity contribution is 5.96. The zero-order valence-corrected chi connectivity index (χ0v) is 11.8. The van der Waals surface area contributed by atoms with Gasteiger partial charge in [-0.05, 0) is 25.0 Å². The van der Waals surface area contributed by atoms with Gasteiger partial charge < -0.3 is 9.84 Å². The molecule has 0 unspecified atom stereocenters. The standard InChI is InChI=1S/C15H18N2O3/c1-9(2)8-20-12-7-5-4-6-11(12)14-13(15(18)19)10(3)16-17-14/h4-7,9H,8H2,1-3H3,(H,16,17)(H,18,19). The third-order valence-corrected chi connectivity index (χ3v) is 2.88. The fourth-order valence-electron chi connectivity index (χ4n) is 1.93. The largest absolute Gasteiger partial charge is 0.493 e. The molecule has 0 aliphatic heterocycles. The first-order chi connectivity index (χ1) is 9.50. The minimum absolute atomic E-state index is 0.186. The zero-order valence-electron chi connectivity index (χ0n) is 11.8. The lowest BCUT2D eigenvalue weighted by Gasteiger charge is -2.12. The van der Waals surface area contributed by atoms with E-state index < -0.39 is 5.97 Å². The van der Waals surface area contributed by atoms with Gasteiger partial charge >= 0.3 is 5.97 Å². The van der Waals surface area contributed by atoms with Crippen molar-refractivity contribution in [2.75, 3.05) is 6.61 Å². The fraction of sp³-hybridized carbons (Fsp3) is 0.333. The minimum Gasteiger partial charge on any atom is -0.493 e. The molecule has 2 rings (SSSR count). The van der Waals surface area contributed by atoms with E-state index in [1.54, 1.807) is 6.92 Å². The number of aromatic amines is 1. The lowest BCUT2D eigenvalue weighted by atomic mass is 10.1. The molecule has 0 aliphatic carbocycles. The maximum absolute atomic E-state index is 11.4. The molecule has 106 valence electrons. The van der Waals surface area contributed by atoms with Crippen molar-refractivity contribution in [3.05, 3.63) is 35.5 Å². The summed E-state index contributed by atoms with van der Waals surface area (Å²) >= 11 is 0. The maximum Gasteiger partial charge on any atom is 0.339 e. The molecule has 1 aromatic heterocycles. The summed E-state index contributed by atoms with van der Waals surface area (Å²) in [6.45, 7) is 6.38. The quantitative estimate of drug-likeness (QED) is 0.878. The number of aromatic nitrogens is 2. The van der Waals surface area contributed by atoms with E-state index in [0.717, 1.165) is 0 Å². The minimum atomic E-state index is -0.995. The Hall–Kier alpha value is -2.30. The third kappa shape index (κ3) is 2.82. The molecule has 0 aliphatic rings. The van der Waals surface area contributed by atoms with Crippen LogP contribution in [0.5, 0.6) is 5.75 Å². The molecular formula is C15H18N2O3. The molecule has 2 aromatic rings. The molecule has 1 heterocycles. The van der Waals surface area contributed by atoms with Gasteiger partial charge in [-0.25, -0.2) is 4.79 Å². The van der Waals surface area contributed by atoms with Crippen LogP contribution in [0.25, 0.3) is 11.3 Å². The number of aryl methyl sites for hydroxylation is 1. The number of rotatable bonds is 5. The van der Waals surface area contributed by atoms with Crippen LogP contribution >= 0.6 is 0 Å². The molecule has 0 saturated carbocycles. The average Bonchev–Trinajstić information content (AvgIpc) is 2.78. The summed E-state index contributed by atoms with van der Waals surface area (Å²) in [6.07, 6.45) is 0. The van der Waals surface area contributed by atoms with E-state index >= 15 is 0 Å². The number of carbonyl (C=O) groups is 1. The molecule has 0 spiro atoms. The van der Waals surface area contributed by atoms with Crippen LogP contribution in [0.15, 0.2) is 24.3 Å². The van der Waals surface area contributed by atoms with Crippen molar-refractivity contribution in [1.82, 2.24) is 10.2 Å². The molecule has 1 aromatic carbocycles. The molecule has 20 heavy (non-hydrogen) atoms. The molecule has 0 saturated heterocycles. The average molecular weight is 274 g/mol. The second kappa shape index (κ2) is 5.77. The SMILES string of the molecule is Cc1[nH]nc(-c2ccccc2OCC(C)C)c1C(=O)O. The molecule has 0 fully saturated rings. The van der Waals surface area contributed by atoms with Gasteiger partial charge in [0, 0.05) is 11.3 Å². The number of para-hydroxylation sites is 1. The first-order valence-electron chi connectivity index (χ1n) is 6.51. The van der Waals surface area contributed by atoms with Gasteiger partial charge in [-0.3, -0.25) is 5.10 Å². The number of carboxylic acid groups (broad SMARTS) is 1. The Morgan fingerprint density at radius 2 is 2.10 bits per heavy atom. The summed E-state index contributed by atoms with van der Waals surface area (Å²) in [5.41, 5.74) is 1.82. The Balaban J connectivity index is 2.45. The first-order valence-corrected chi connectivity index (χ1v) is 6.51. The van der Waals surface area contributed by atoms with Gasteiger partial charge in [0.1, 0.15) is 17.0 Å². The Bertz CT molecular complexity index is 617. The molecule has 0 atom stereocenters. The van der Waals surface area contributed by atoms with Crippen LogP contribution in [0.2, 0.25) is 0 Å². The van der Waals surface area contributed by atoms with Crippen LogP contribution < -0.4 is 4.74 Å². The summed E-state index contributed by atoms with van der Waals surface area (Å²) in [5.74, 6) is 0.0445. The van der Waals surface area contributed by atoms with Gasteiger partial charge in [-0.1, -0.05) is 26.0 Å². The lowest BCUT2D eigenvalue weighted by Crippen LogP contribution is -2.06. The number of hydrogen-bond donors (Lipinski definition) is 2. The Morgan fingerprint density at radius 3 is 2.75 bits per heavy atom. The van der Waals surface area contributed by atoms with E-state index in [1.807, 2.05) is 24.3 Å². The number of nitrogens with zero attached hydrogens (tertiary/aromatic N) is 1. The van der Waals surface area contributed by atoms with Crippen LogP contribution in [0.3, 0.4) is 0 Å². The Labute approximate surface area is 117 Å². The van der Waals surface area contributed by atoms with Gasteiger partial charge in [-0.15, -0.1) is 0 Å². The summed E-state index contributed by atoms with van der Waals surface area (Å²) in [5, 5.41) is 16.1. The van der Waals surface area contributed by atoms with Crippen LogP contribution in [0.1, 0.15) is 29.9 Å². The predicted octanol–water partition coefficient (Wildman–Crippen LogP) is 3.12. The molecule has 0 bridgehead atoms.